The quantitative estimate of drug-likeness (QED) is 0.884. The highest BCUT2D eigenvalue weighted by Gasteiger charge is 2.25. The van der Waals surface area contributed by atoms with Crippen molar-refractivity contribution in [2.24, 2.45) is 0 Å². The minimum Gasteiger partial charge on any atom is -0.477 e. The fourth-order valence-corrected chi connectivity index (χ4v) is 2.86. The van der Waals surface area contributed by atoms with Crippen LogP contribution in [0.2, 0.25) is 0 Å². The van der Waals surface area contributed by atoms with Crippen molar-refractivity contribution in [1.29, 1.82) is 0 Å². The van der Waals surface area contributed by atoms with Gasteiger partial charge in [0.1, 0.15) is 4.88 Å². The summed E-state index contributed by atoms with van der Waals surface area (Å²) >= 11 is 1.26. The molecule has 1 atom stereocenters. The number of aromatic nitrogens is 1. The molecule has 5 nitrogen and oxygen atoms in total. The average Bonchev–Trinajstić information content (AvgIpc) is 2.79. The maximum Gasteiger partial charge on any atom is 0.347 e. The van der Waals surface area contributed by atoms with Gasteiger partial charge in [-0.2, -0.15) is 0 Å². The Kier molecular flexibility index (Phi) is 3.63. The lowest BCUT2D eigenvalue weighted by molar-refractivity contribution is 0.0702. The lowest BCUT2D eigenvalue weighted by Crippen LogP contribution is -2.51. The van der Waals surface area contributed by atoms with E-state index in [0.29, 0.717) is 10.9 Å². The number of nitrogens with zero attached hydrogens (tertiary/aromatic N) is 3. The first-order chi connectivity index (χ1) is 8.11. The summed E-state index contributed by atoms with van der Waals surface area (Å²) in [5, 5.41) is 9.71. The number of anilines is 1. The van der Waals surface area contributed by atoms with Crippen LogP contribution in [-0.2, 0) is 0 Å². The molecule has 1 aliphatic heterocycles. The van der Waals surface area contributed by atoms with E-state index in [1.807, 2.05) is 0 Å². The third kappa shape index (κ3) is 2.58. The Bertz CT molecular complexity index is 407. The zero-order chi connectivity index (χ0) is 12.4. The maximum atomic E-state index is 10.8. The second kappa shape index (κ2) is 5.01. The Balaban J connectivity index is 2.09. The van der Waals surface area contributed by atoms with Crippen LogP contribution in [-0.4, -0.2) is 53.7 Å². The van der Waals surface area contributed by atoms with Gasteiger partial charge in [-0.3, -0.25) is 4.90 Å². The lowest BCUT2D eigenvalue weighted by Gasteiger charge is -2.38. The van der Waals surface area contributed by atoms with Crippen LogP contribution in [0.4, 0.5) is 5.13 Å². The Morgan fingerprint density at radius 1 is 1.65 bits per heavy atom. The number of carboxylic acid groups (broad SMARTS) is 1. The van der Waals surface area contributed by atoms with Gasteiger partial charge in [-0.1, -0.05) is 18.3 Å². The van der Waals surface area contributed by atoms with Gasteiger partial charge >= 0.3 is 5.97 Å². The van der Waals surface area contributed by atoms with Gasteiger partial charge in [0.25, 0.3) is 0 Å². The normalized spacial score (nSPS) is 21.8. The Morgan fingerprint density at radius 2 is 2.41 bits per heavy atom. The summed E-state index contributed by atoms with van der Waals surface area (Å²) in [7, 11) is 2.13. The lowest BCUT2D eigenvalue weighted by atomic mass is 10.1. The number of hydrogen-bond donors (Lipinski definition) is 1. The Morgan fingerprint density at radius 3 is 3.00 bits per heavy atom. The third-order valence-corrected chi connectivity index (χ3v) is 4.27. The van der Waals surface area contributed by atoms with E-state index >= 15 is 0 Å². The van der Waals surface area contributed by atoms with E-state index in [1.165, 1.54) is 17.5 Å². The first kappa shape index (κ1) is 12.3. The summed E-state index contributed by atoms with van der Waals surface area (Å²) in [5.74, 6) is -0.894. The zero-order valence-corrected chi connectivity index (χ0v) is 10.9. The van der Waals surface area contributed by atoms with E-state index in [0.717, 1.165) is 31.2 Å². The summed E-state index contributed by atoms with van der Waals surface area (Å²) in [4.78, 5) is 19.9. The third-order valence-electron chi connectivity index (χ3n) is 3.22. The van der Waals surface area contributed by atoms with Crippen molar-refractivity contribution in [3.05, 3.63) is 11.1 Å². The van der Waals surface area contributed by atoms with Gasteiger partial charge in [0.2, 0.25) is 0 Å². The minimum atomic E-state index is -0.894. The van der Waals surface area contributed by atoms with Crippen LogP contribution in [0.3, 0.4) is 0 Å². The van der Waals surface area contributed by atoms with Crippen LogP contribution < -0.4 is 4.90 Å². The summed E-state index contributed by atoms with van der Waals surface area (Å²) < 4.78 is 0. The Labute approximate surface area is 105 Å². The van der Waals surface area contributed by atoms with Crippen LogP contribution in [0.5, 0.6) is 0 Å². The molecule has 0 aliphatic carbocycles. The van der Waals surface area contributed by atoms with Crippen molar-refractivity contribution in [2.75, 3.05) is 31.6 Å². The molecule has 0 radical (unpaired) electrons. The maximum absolute atomic E-state index is 10.8. The fraction of sp³-hybridized carbons (Fsp3) is 0.636. The number of hydrogen-bond acceptors (Lipinski definition) is 5. The number of thiazole rings is 1. The number of piperazine rings is 1. The van der Waals surface area contributed by atoms with Crippen molar-refractivity contribution in [3.8, 4) is 0 Å². The van der Waals surface area contributed by atoms with Crippen molar-refractivity contribution in [1.82, 2.24) is 9.88 Å². The monoisotopic (exact) mass is 255 g/mol. The highest BCUT2D eigenvalue weighted by molar-refractivity contribution is 7.17. The number of carboxylic acids is 1. The summed E-state index contributed by atoms with van der Waals surface area (Å²) in [6.45, 7) is 5.02. The second-order valence-electron chi connectivity index (χ2n) is 4.30. The highest BCUT2D eigenvalue weighted by Crippen LogP contribution is 2.25. The van der Waals surface area contributed by atoms with Crippen LogP contribution in [0, 0.1) is 0 Å². The molecule has 2 rings (SSSR count). The van der Waals surface area contributed by atoms with Gasteiger partial charge in [0, 0.05) is 25.7 Å². The van der Waals surface area contributed by atoms with Gasteiger partial charge in [-0.15, -0.1) is 0 Å². The summed E-state index contributed by atoms with van der Waals surface area (Å²) in [5.41, 5.74) is 0. The molecule has 6 heteroatoms. The molecule has 17 heavy (non-hydrogen) atoms. The molecule has 1 unspecified atom stereocenters. The SMILES string of the molecule is CCC1CN(c2ncc(C(=O)O)s2)CCN1C. The smallest absolute Gasteiger partial charge is 0.347 e. The predicted molar refractivity (Wildman–Crippen MR) is 68.0 cm³/mol. The van der Waals surface area contributed by atoms with Crippen LogP contribution in [0.15, 0.2) is 6.20 Å². The van der Waals surface area contributed by atoms with E-state index in [1.54, 1.807) is 0 Å². The molecule has 1 fully saturated rings. The molecule has 1 aliphatic rings. The van der Waals surface area contributed by atoms with Crippen LogP contribution in [0.1, 0.15) is 23.0 Å². The Hall–Kier alpha value is -1.14. The average molecular weight is 255 g/mol. The molecule has 0 bridgehead atoms. The number of carbonyl (C=O) groups is 1. The first-order valence-corrected chi connectivity index (χ1v) is 6.57. The molecule has 2 heterocycles. The van der Waals surface area contributed by atoms with Gasteiger partial charge < -0.3 is 10.0 Å². The van der Waals surface area contributed by atoms with Gasteiger partial charge in [-0.05, 0) is 13.5 Å². The van der Waals surface area contributed by atoms with Crippen molar-refractivity contribution in [3.63, 3.8) is 0 Å². The zero-order valence-electron chi connectivity index (χ0n) is 10.1. The fourth-order valence-electron chi connectivity index (χ4n) is 2.07. The van der Waals surface area contributed by atoms with E-state index in [9.17, 15) is 4.79 Å². The van der Waals surface area contributed by atoms with E-state index in [4.69, 9.17) is 5.11 Å². The van der Waals surface area contributed by atoms with Gasteiger partial charge in [-0.25, -0.2) is 9.78 Å². The van der Waals surface area contributed by atoms with Crippen molar-refractivity contribution >= 4 is 22.4 Å². The molecule has 0 aromatic carbocycles. The largest absolute Gasteiger partial charge is 0.477 e. The molecule has 0 spiro atoms. The van der Waals surface area contributed by atoms with Gasteiger partial charge in [0.05, 0.1) is 6.20 Å². The highest BCUT2D eigenvalue weighted by atomic mass is 32.1. The van der Waals surface area contributed by atoms with E-state index in [-0.39, 0.29) is 0 Å². The first-order valence-electron chi connectivity index (χ1n) is 5.76. The van der Waals surface area contributed by atoms with Crippen LogP contribution >= 0.6 is 11.3 Å². The minimum absolute atomic E-state index is 0.312. The molecular weight excluding hydrogens is 238 g/mol. The molecule has 1 aromatic rings. The number of aromatic carboxylic acids is 1. The molecule has 94 valence electrons. The predicted octanol–water partition coefficient (Wildman–Crippen LogP) is 1.37. The van der Waals surface area contributed by atoms with Crippen molar-refractivity contribution in [2.45, 2.75) is 19.4 Å². The number of likely N-dealkylation sites (N-methyl/N-ethyl adjacent to an activating group) is 1. The topological polar surface area (TPSA) is 56.7 Å². The molecule has 1 saturated heterocycles. The van der Waals surface area contributed by atoms with E-state index in [2.05, 4.69) is 28.8 Å². The van der Waals surface area contributed by atoms with E-state index < -0.39 is 5.97 Å². The molecule has 1 N–H and O–H groups in total. The number of rotatable bonds is 3. The second-order valence-corrected chi connectivity index (χ2v) is 5.31. The molecule has 0 saturated carbocycles. The summed E-state index contributed by atoms with van der Waals surface area (Å²) in [6, 6.07) is 0.529. The summed E-state index contributed by atoms with van der Waals surface area (Å²) in [6.07, 6.45) is 2.55. The standard InChI is InChI=1S/C11H17N3O2S/c1-3-8-7-14(5-4-13(8)2)11-12-6-9(17-11)10(15)16/h6,8H,3-5,7H2,1-2H3,(H,15,16). The molecule has 1 aromatic heterocycles. The molecular formula is C11H17N3O2S. The van der Waals surface area contributed by atoms with Crippen LogP contribution in [0.25, 0.3) is 0 Å². The van der Waals surface area contributed by atoms with Gasteiger partial charge in [0.15, 0.2) is 5.13 Å². The molecule has 0 amide bonds. The van der Waals surface area contributed by atoms with Crippen molar-refractivity contribution < 1.29 is 9.90 Å².